The Balaban J connectivity index is 4.06. The molecule has 0 aliphatic carbocycles. The van der Waals surface area contributed by atoms with Crippen molar-refractivity contribution in [1.82, 2.24) is 0 Å². The Labute approximate surface area is 505 Å². The number of hydrogen-bond acceptors (Lipinski definition) is 6. The van der Waals surface area contributed by atoms with Gasteiger partial charge in [-0.15, -0.1) is 0 Å². The maximum Gasteiger partial charge on any atom is 0.306 e. The monoisotopic (exact) mass is 1140 g/mol. The number of rotatable bonds is 67. The molecule has 1 unspecified atom stereocenters. The fraction of sp³-hybridized carbons (Fsp3) is 0.853. The van der Waals surface area contributed by atoms with Crippen molar-refractivity contribution in [2.24, 2.45) is 0 Å². The van der Waals surface area contributed by atoms with Crippen molar-refractivity contribution in [3.8, 4) is 0 Å². The van der Waals surface area contributed by atoms with Gasteiger partial charge in [0.05, 0.1) is 0 Å². The summed E-state index contributed by atoms with van der Waals surface area (Å²) in [6.07, 6.45) is 88.8. The van der Waals surface area contributed by atoms with Crippen LogP contribution in [0, 0.1) is 0 Å². The Morgan fingerprint density at radius 3 is 0.704 bits per heavy atom. The third-order valence-electron chi connectivity index (χ3n) is 16.3. The third-order valence-corrected chi connectivity index (χ3v) is 16.3. The lowest BCUT2D eigenvalue weighted by Crippen LogP contribution is -2.30. The van der Waals surface area contributed by atoms with E-state index in [-0.39, 0.29) is 31.1 Å². The molecular formula is C75H138O6. The zero-order chi connectivity index (χ0) is 58.5. The molecule has 1 atom stereocenters. The van der Waals surface area contributed by atoms with Crippen LogP contribution in [-0.2, 0) is 28.6 Å². The molecule has 0 N–H and O–H groups in total. The van der Waals surface area contributed by atoms with Crippen LogP contribution in [0.25, 0.3) is 0 Å². The van der Waals surface area contributed by atoms with Gasteiger partial charge in [-0.2, -0.15) is 0 Å². The Bertz CT molecular complexity index is 1400. The molecule has 0 heterocycles. The van der Waals surface area contributed by atoms with Crippen molar-refractivity contribution in [1.29, 1.82) is 0 Å². The third kappa shape index (κ3) is 68.0. The Morgan fingerprint density at radius 2 is 0.444 bits per heavy atom. The molecule has 81 heavy (non-hydrogen) atoms. The van der Waals surface area contributed by atoms with Gasteiger partial charge in [-0.25, -0.2) is 0 Å². The van der Waals surface area contributed by atoms with Crippen LogP contribution in [0.2, 0.25) is 0 Å². The summed E-state index contributed by atoms with van der Waals surface area (Å²) >= 11 is 0. The molecule has 0 aliphatic rings. The lowest BCUT2D eigenvalue weighted by Gasteiger charge is -2.18. The van der Waals surface area contributed by atoms with Crippen LogP contribution >= 0.6 is 0 Å². The second kappa shape index (κ2) is 69.9. The summed E-state index contributed by atoms with van der Waals surface area (Å²) in [5.74, 6) is -0.861. The van der Waals surface area contributed by atoms with Gasteiger partial charge >= 0.3 is 17.9 Å². The molecule has 0 radical (unpaired) electrons. The summed E-state index contributed by atoms with van der Waals surface area (Å²) in [7, 11) is 0. The number of carbonyl (C=O) groups excluding carboxylic acids is 3. The minimum atomic E-state index is -0.777. The predicted octanol–water partition coefficient (Wildman–Crippen LogP) is 24.9. The summed E-state index contributed by atoms with van der Waals surface area (Å²) in [5.41, 5.74) is 0. The molecule has 0 aliphatic heterocycles. The molecule has 0 aromatic heterocycles. The molecule has 0 rings (SSSR count). The zero-order valence-corrected chi connectivity index (χ0v) is 54.6. The lowest BCUT2D eigenvalue weighted by molar-refractivity contribution is -0.167. The van der Waals surface area contributed by atoms with Gasteiger partial charge in [0.25, 0.3) is 0 Å². The van der Waals surface area contributed by atoms with Gasteiger partial charge in [-0.1, -0.05) is 339 Å². The zero-order valence-electron chi connectivity index (χ0n) is 54.6. The van der Waals surface area contributed by atoms with E-state index in [1.54, 1.807) is 0 Å². The quantitative estimate of drug-likeness (QED) is 0.0261. The predicted molar refractivity (Wildman–Crippen MR) is 353 cm³/mol. The van der Waals surface area contributed by atoms with E-state index < -0.39 is 6.10 Å². The number of unbranched alkanes of at least 4 members (excludes halogenated alkanes) is 48. The minimum absolute atomic E-state index is 0.0731. The summed E-state index contributed by atoms with van der Waals surface area (Å²) in [4.78, 5) is 38.3. The topological polar surface area (TPSA) is 78.9 Å². The molecule has 6 heteroatoms. The highest BCUT2D eigenvalue weighted by molar-refractivity contribution is 5.71. The van der Waals surface area contributed by atoms with Crippen LogP contribution in [0.5, 0.6) is 0 Å². The highest BCUT2D eigenvalue weighted by Gasteiger charge is 2.19. The summed E-state index contributed by atoms with van der Waals surface area (Å²) in [5, 5.41) is 0. The molecule has 0 saturated carbocycles. The minimum Gasteiger partial charge on any atom is -0.462 e. The second-order valence-electron chi connectivity index (χ2n) is 24.5. The molecule has 6 nitrogen and oxygen atoms in total. The molecule has 0 amide bonds. The highest BCUT2D eigenvalue weighted by Crippen LogP contribution is 2.18. The van der Waals surface area contributed by atoms with Crippen molar-refractivity contribution in [2.45, 2.75) is 399 Å². The van der Waals surface area contributed by atoms with Crippen molar-refractivity contribution >= 4 is 17.9 Å². The highest BCUT2D eigenvalue weighted by atomic mass is 16.6. The van der Waals surface area contributed by atoms with Crippen LogP contribution in [0.1, 0.15) is 393 Å². The van der Waals surface area contributed by atoms with Gasteiger partial charge in [0, 0.05) is 19.3 Å². The molecule has 0 aromatic carbocycles. The van der Waals surface area contributed by atoms with E-state index in [9.17, 15) is 14.4 Å². The van der Waals surface area contributed by atoms with Gasteiger partial charge in [0.1, 0.15) is 13.2 Å². The fourth-order valence-electron chi connectivity index (χ4n) is 10.9. The second-order valence-corrected chi connectivity index (χ2v) is 24.5. The number of ether oxygens (including phenoxy) is 3. The van der Waals surface area contributed by atoms with Crippen molar-refractivity contribution in [3.05, 3.63) is 48.6 Å². The van der Waals surface area contributed by atoms with E-state index in [1.807, 2.05) is 0 Å². The van der Waals surface area contributed by atoms with Crippen LogP contribution < -0.4 is 0 Å². The SMILES string of the molecule is CCCCC/C=C\C/C=C\CCCCCCCC(=O)OC(COC(=O)CCCCCCCCCCCCCCC)COC(=O)CCCCCCCCCCCCCCCCCCCCCCCCC/C=C\C/C=C\CCCCCCC. The van der Waals surface area contributed by atoms with E-state index in [2.05, 4.69) is 69.4 Å². The average molecular weight is 1140 g/mol. The Kier molecular flexibility index (Phi) is 67.6. The summed E-state index contributed by atoms with van der Waals surface area (Å²) in [6, 6.07) is 0. The molecule has 0 spiro atoms. The molecular weight excluding hydrogens is 997 g/mol. The van der Waals surface area contributed by atoms with Gasteiger partial charge in [0.2, 0.25) is 0 Å². The first-order valence-electron chi connectivity index (χ1n) is 36.1. The Morgan fingerprint density at radius 1 is 0.247 bits per heavy atom. The van der Waals surface area contributed by atoms with E-state index in [1.165, 1.54) is 263 Å². The van der Waals surface area contributed by atoms with Gasteiger partial charge < -0.3 is 14.2 Å². The first-order chi connectivity index (χ1) is 40.0. The van der Waals surface area contributed by atoms with Crippen LogP contribution in [0.4, 0.5) is 0 Å². The first kappa shape index (κ1) is 78.4. The van der Waals surface area contributed by atoms with E-state index in [0.717, 1.165) is 89.9 Å². The molecule has 474 valence electrons. The van der Waals surface area contributed by atoms with Gasteiger partial charge in [-0.3, -0.25) is 14.4 Å². The smallest absolute Gasteiger partial charge is 0.306 e. The Hall–Kier alpha value is -2.63. The lowest BCUT2D eigenvalue weighted by atomic mass is 10.0. The van der Waals surface area contributed by atoms with Crippen LogP contribution in [0.15, 0.2) is 48.6 Å². The summed E-state index contributed by atoms with van der Waals surface area (Å²) < 4.78 is 16.9. The van der Waals surface area contributed by atoms with Crippen molar-refractivity contribution < 1.29 is 28.6 Å². The molecule has 0 aromatic rings. The molecule has 0 saturated heterocycles. The van der Waals surface area contributed by atoms with Crippen LogP contribution in [-0.4, -0.2) is 37.2 Å². The molecule has 0 fully saturated rings. The fourth-order valence-corrected chi connectivity index (χ4v) is 10.9. The van der Waals surface area contributed by atoms with Gasteiger partial charge in [-0.05, 0) is 83.5 Å². The number of carbonyl (C=O) groups is 3. The average Bonchev–Trinajstić information content (AvgIpc) is 3.46. The van der Waals surface area contributed by atoms with E-state index in [4.69, 9.17) is 14.2 Å². The number of esters is 3. The normalized spacial score (nSPS) is 12.3. The van der Waals surface area contributed by atoms with Crippen molar-refractivity contribution in [2.75, 3.05) is 13.2 Å². The van der Waals surface area contributed by atoms with E-state index >= 15 is 0 Å². The molecule has 0 bridgehead atoms. The number of allylic oxidation sites excluding steroid dienone is 8. The van der Waals surface area contributed by atoms with Crippen LogP contribution in [0.3, 0.4) is 0 Å². The number of hydrogen-bond donors (Lipinski definition) is 0. The van der Waals surface area contributed by atoms with Gasteiger partial charge in [0.15, 0.2) is 6.10 Å². The summed E-state index contributed by atoms with van der Waals surface area (Å²) in [6.45, 7) is 6.65. The van der Waals surface area contributed by atoms with E-state index in [0.29, 0.717) is 19.3 Å². The first-order valence-corrected chi connectivity index (χ1v) is 36.1. The van der Waals surface area contributed by atoms with Crippen molar-refractivity contribution in [3.63, 3.8) is 0 Å². The largest absolute Gasteiger partial charge is 0.462 e. The maximum atomic E-state index is 12.9. The maximum absolute atomic E-state index is 12.9. The standard InChI is InChI=1S/C75H138O6/c1-4-7-10-13-16-19-22-25-27-28-29-30-31-32-33-34-35-36-37-38-39-40-41-42-43-44-45-46-48-50-53-56-59-62-65-68-74(77)80-71-72(70-79-73(76)67-64-61-58-55-52-49-24-21-18-15-12-9-6-3)81-75(78)69-66-63-60-57-54-51-47-26-23-20-17-14-11-8-5-2/h17,20,22,25-26,28-29,47,72H,4-16,18-19,21,23-24,27,30-46,48-71H2,1-3H3/b20-17-,25-22-,29-28-,47-26-.